The van der Waals surface area contributed by atoms with E-state index in [0.29, 0.717) is 23.7 Å². The Morgan fingerprint density at radius 2 is 2.36 bits per heavy atom. The Labute approximate surface area is 66.9 Å². The van der Waals surface area contributed by atoms with Crippen LogP contribution in [0.4, 0.5) is 0 Å². The number of ketones is 1. The maximum atomic E-state index is 11.1. The molecule has 2 rings (SSSR count). The summed E-state index contributed by atoms with van der Waals surface area (Å²) >= 11 is 0. The van der Waals surface area contributed by atoms with Gasteiger partial charge in [-0.2, -0.15) is 0 Å². The Balaban J connectivity index is 1.97. The number of fused-ring (bicyclic) bond motifs is 2. The van der Waals surface area contributed by atoms with Crippen molar-refractivity contribution in [3.63, 3.8) is 0 Å². The van der Waals surface area contributed by atoms with Crippen molar-refractivity contribution in [1.82, 2.24) is 0 Å². The third-order valence-electron chi connectivity index (χ3n) is 2.93. The SMILES string of the molecule is CCO[C@@H]1C[C@@H]2C[C@@H]1CC2=O. The molecule has 0 radical (unpaired) electrons. The van der Waals surface area contributed by atoms with Gasteiger partial charge < -0.3 is 4.74 Å². The van der Waals surface area contributed by atoms with Crippen molar-refractivity contribution in [3.8, 4) is 0 Å². The number of hydrogen-bond donors (Lipinski definition) is 0. The average Bonchev–Trinajstić information content (AvgIpc) is 2.47. The Bertz CT molecular complexity index is 176. The predicted molar refractivity (Wildman–Crippen MR) is 41.3 cm³/mol. The van der Waals surface area contributed by atoms with Crippen LogP contribution in [0.25, 0.3) is 0 Å². The van der Waals surface area contributed by atoms with Gasteiger partial charge in [0.2, 0.25) is 0 Å². The molecule has 3 atom stereocenters. The molecule has 2 saturated carbocycles. The molecule has 2 aliphatic rings. The van der Waals surface area contributed by atoms with Gasteiger partial charge in [0.25, 0.3) is 0 Å². The molecule has 2 heteroatoms. The van der Waals surface area contributed by atoms with Gasteiger partial charge in [-0.15, -0.1) is 0 Å². The summed E-state index contributed by atoms with van der Waals surface area (Å²) in [6.07, 6.45) is 3.29. The molecule has 0 unspecified atom stereocenters. The third-order valence-corrected chi connectivity index (χ3v) is 2.93. The molecule has 2 bridgehead atoms. The van der Waals surface area contributed by atoms with E-state index in [9.17, 15) is 4.79 Å². The zero-order chi connectivity index (χ0) is 7.84. The Morgan fingerprint density at radius 3 is 2.82 bits per heavy atom. The van der Waals surface area contributed by atoms with Crippen molar-refractivity contribution >= 4 is 5.78 Å². The van der Waals surface area contributed by atoms with E-state index in [1.807, 2.05) is 6.92 Å². The third kappa shape index (κ3) is 1.09. The van der Waals surface area contributed by atoms with E-state index >= 15 is 0 Å². The van der Waals surface area contributed by atoms with Crippen molar-refractivity contribution in [3.05, 3.63) is 0 Å². The van der Waals surface area contributed by atoms with Crippen LogP contribution in [0.2, 0.25) is 0 Å². The lowest BCUT2D eigenvalue weighted by Crippen LogP contribution is -2.24. The van der Waals surface area contributed by atoms with Crippen LogP contribution >= 0.6 is 0 Å². The van der Waals surface area contributed by atoms with Gasteiger partial charge in [-0.3, -0.25) is 4.79 Å². The number of carbonyl (C=O) groups excluding carboxylic acids is 1. The molecule has 2 fully saturated rings. The average molecular weight is 154 g/mol. The second-order valence-corrected chi connectivity index (χ2v) is 3.59. The lowest BCUT2D eigenvalue weighted by molar-refractivity contribution is -0.124. The zero-order valence-electron chi connectivity index (χ0n) is 6.88. The summed E-state index contributed by atoms with van der Waals surface area (Å²) in [4.78, 5) is 11.1. The molecule has 0 aromatic heterocycles. The van der Waals surface area contributed by atoms with Crippen LogP contribution < -0.4 is 0 Å². The van der Waals surface area contributed by atoms with Crippen LogP contribution in [0, 0.1) is 11.8 Å². The molecule has 11 heavy (non-hydrogen) atoms. The van der Waals surface area contributed by atoms with E-state index < -0.39 is 0 Å². The number of Topliss-reactive ketones (excluding diaryl/α,β-unsaturated/α-hetero) is 1. The predicted octanol–water partition coefficient (Wildman–Crippen LogP) is 1.39. The normalized spacial score (nSPS) is 41.9. The minimum Gasteiger partial charge on any atom is -0.378 e. The molecule has 2 nitrogen and oxygen atoms in total. The summed E-state index contributed by atoms with van der Waals surface area (Å²) in [6, 6.07) is 0. The molecule has 0 heterocycles. The Morgan fingerprint density at radius 1 is 1.55 bits per heavy atom. The van der Waals surface area contributed by atoms with Crippen molar-refractivity contribution < 1.29 is 9.53 Å². The van der Waals surface area contributed by atoms with Gasteiger partial charge in [0.1, 0.15) is 5.78 Å². The maximum Gasteiger partial charge on any atom is 0.136 e. The van der Waals surface area contributed by atoms with Gasteiger partial charge >= 0.3 is 0 Å². The van der Waals surface area contributed by atoms with Crippen LogP contribution in [0.15, 0.2) is 0 Å². The largest absolute Gasteiger partial charge is 0.378 e. The van der Waals surface area contributed by atoms with Crippen molar-refractivity contribution in [2.45, 2.75) is 32.3 Å². The molecule has 2 aliphatic carbocycles. The first kappa shape index (κ1) is 7.29. The second kappa shape index (κ2) is 2.59. The van der Waals surface area contributed by atoms with Crippen LogP contribution in [-0.2, 0) is 9.53 Å². The van der Waals surface area contributed by atoms with Gasteiger partial charge in [0.05, 0.1) is 6.10 Å². The molecular weight excluding hydrogens is 140 g/mol. The fourth-order valence-corrected chi connectivity index (χ4v) is 2.41. The van der Waals surface area contributed by atoms with Crippen LogP contribution in [-0.4, -0.2) is 18.5 Å². The smallest absolute Gasteiger partial charge is 0.136 e. The van der Waals surface area contributed by atoms with Crippen LogP contribution in [0.1, 0.15) is 26.2 Å². The van der Waals surface area contributed by atoms with Crippen molar-refractivity contribution in [2.24, 2.45) is 11.8 Å². The summed E-state index contributed by atoms with van der Waals surface area (Å²) in [5.74, 6) is 1.40. The molecule has 0 aliphatic heterocycles. The quantitative estimate of drug-likeness (QED) is 0.600. The number of rotatable bonds is 2. The van der Waals surface area contributed by atoms with E-state index in [2.05, 4.69) is 0 Å². The molecule has 0 saturated heterocycles. The minimum absolute atomic E-state index is 0.358. The molecule has 0 aromatic carbocycles. The maximum absolute atomic E-state index is 11.1. The van der Waals surface area contributed by atoms with Gasteiger partial charge in [-0.25, -0.2) is 0 Å². The second-order valence-electron chi connectivity index (χ2n) is 3.59. The molecule has 0 spiro atoms. The molecule has 0 N–H and O–H groups in total. The molecular formula is C9H14O2. The monoisotopic (exact) mass is 154 g/mol. The van der Waals surface area contributed by atoms with Crippen molar-refractivity contribution in [1.29, 1.82) is 0 Å². The van der Waals surface area contributed by atoms with Gasteiger partial charge in [0, 0.05) is 18.9 Å². The molecule has 0 amide bonds. The van der Waals surface area contributed by atoms with E-state index in [0.717, 1.165) is 25.9 Å². The highest BCUT2D eigenvalue weighted by molar-refractivity contribution is 5.84. The minimum atomic E-state index is 0.358. The lowest BCUT2D eigenvalue weighted by Gasteiger charge is -2.20. The zero-order valence-corrected chi connectivity index (χ0v) is 6.88. The van der Waals surface area contributed by atoms with E-state index in [-0.39, 0.29) is 0 Å². The first-order valence-corrected chi connectivity index (χ1v) is 4.45. The first-order valence-electron chi connectivity index (χ1n) is 4.45. The van der Waals surface area contributed by atoms with Crippen LogP contribution in [0.5, 0.6) is 0 Å². The number of ether oxygens (including phenoxy) is 1. The fraction of sp³-hybridized carbons (Fsp3) is 0.889. The van der Waals surface area contributed by atoms with Gasteiger partial charge in [-0.1, -0.05) is 0 Å². The standard InChI is InChI=1S/C9H14O2/c1-2-11-9-5-6-3-7(9)4-8(6)10/h6-7,9H,2-5H2,1H3/t6-,7+,9+/m0/s1. The summed E-state index contributed by atoms with van der Waals surface area (Å²) in [5.41, 5.74) is 0. The fourth-order valence-electron chi connectivity index (χ4n) is 2.41. The summed E-state index contributed by atoms with van der Waals surface area (Å²) < 4.78 is 5.53. The number of hydrogen-bond acceptors (Lipinski definition) is 2. The van der Waals surface area contributed by atoms with E-state index in [1.165, 1.54) is 0 Å². The highest BCUT2D eigenvalue weighted by atomic mass is 16.5. The Hall–Kier alpha value is -0.370. The highest BCUT2D eigenvalue weighted by Crippen LogP contribution is 2.43. The summed E-state index contributed by atoms with van der Waals surface area (Å²) in [6.45, 7) is 2.82. The highest BCUT2D eigenvalue weighted by Gasteiger charge is 2.45. The van der Waals surface area contributed by atoms with E-state index in [4.69, 9.17) is 4.74 Å². The molecule has 62 valence electrons. The summed E-state index contributed by atoms with van der Waals surface area (Å²) in [5, 5.41) is 0. The summed E-state index contributed by atoms with van der Waals surface area (Å²) in [7, 11) is 0. The Kier molecular flexibility index (Phi) is 1.72. The first-order chi connectivity index (χ1) is 5.31. The lowest BCUT2D eigenvalue weighted by atomic mass is 9.97. The van der Waals surface area contributed by atoms with Gasteiger partial charge in [-0.05, 0) is 25.7 Å². The topological polar surface area (TPSA) is 26.3 Å². The van der Waals surface area contributed by atoms with Gasteiger partial charge in [0.15, 0.2) is 0 Å². The van der Waals surface area contributed by atoms with Crippen LogP contribution in [0.3, 0.4) is 0 Å². The van der Waals surface area contributed by atoms with Crippen molar-refractivity contribution in [2.75, 3.05) is 6.61 Å². The number of carbonyl (C=O) groups is 1. The molecule has 0 aromatic rings. The van der Waals surface area contributed by atoms with E-state index in [1.54, 1.807) is 0 Å².